The van der Waals surface area contributed by atoms with Gasteiger partial charge in [0.25, 0.3) is 0 Å². The topological polar surface area (TPSA) is 45.3 Å². The van der Waals surface area contributed by atoms with Crippen LogP contribution in [-0.2, 0) is 11.3 Å². The summed E-state index contributed by atoms with van der Waals surface area (Å²) in [7, 11) is 2.00. The zero-order valence-corrected chi connectivity index (χ0v) is 17.2. The van der Waals surface area contributed by atoms with Crippen molar-refractivity contribution in [2.75, 3.05) is 51.3 Å². The van der Waals surface area contributed by atoms with E-state index in [0.717, 1.165) is 43.2 Å². The Balaban J connectivity index is 1.32. The van der Waals surface area contributed by atoms with Gasteiger partial charge in [0.1, 0.15) is 13.2 Å². The van der Waals surface area contributed by atoms with Crippen molar-refractivity contribution in [3.63, 3.8) is 0 Å². The number of anilines is 1. The number of piperazine rings is 1. The number of carbonyl (C=O) groups is 1. The fourth-order valence-corrected chi connectivity index (χ4v) is 3.89. The highest BCUT2D eigenvalue weighted by Crippen LogP contribution is 2.31. The number of likely N-dealkylation sites (N-methyl/N-ethyl adjacent to an activating group) is 1. The van der Waals surface area contributed by atoms with Gasteiger partial charge in [-0.05, 0) is 43.8 Å². The number of fused-ring (bicyclic) bond motifs is 1. The maximum atomic E-state index is 13.0. The van der Waals surface area contributed by atoms with Crippen LogP contribution in [0.25, 0.3) is 0 Å². The van der Waals surface area contributed by atoms with Gasteiger partial charge in [-0.15, -0.1) is 0 Å². The first-order valence-electron chi connectivity index (χ1n) is 10.3. The molecule has 1 unspecified atom stereocenters. The second kappa shape index (κ2) is 8.74. The lowest BCUT2D eigenvalue weighted by atomic mass is 10.1. The lowest BCUT2D eigenvalue weighted by Gasteiger charge is -2.38. The van der Waals surface area contributed by atoms with Crippen molar-refractivity contribution in [1.29, 1.82) is 0 Å². The molecule has 2 aliphatic rings. The third-order valence-corrected chi connectivity index (χ3v) is 5.77. The van der Waals surface area contributed by atoms with Crippen molar-refractivity contribution in [2.45, 2.75) is 19.5 Å². The standard InChI is InChI=1S/C23H29N3O3/c1-18(24(2)17-19-8-9-21-22(16-19)29-15-14-28-21)23(27)26-12-10-25(11-13-26)20-6-4-3-5-7-20/h3-9,16,18H,10-15,17H2,1-2H3. The van der Waals surface area contributed by atoms with Crippen molar-refractivity contribution in [3.05, 3.63) is 54.1 Å². The first-order valence-corrected chi connectivity index (χ1v) is 10.3. The van der Waals surface area contributed by atoms with Crippen molar-refractivity contribution in [3.8, 4) is 11.5 Å². The van der Waals surface area contributed by atoms with E-state index in [-0.39, 0.29) is 11.9 Å². The van der Waals surface area contributed by atoms with Gasteiger partial charge in [-0.1, -0.05) is 24.3 Å². The molecule has 154 valence electrons. The summed E-state index contributed by atoms with van der Waals surface area (Å²) in [4.78, 5) is 19.5. The first kappa shape index (κ1) is 19.6. The second-order valence-corrected chi connectivity index (χ2v) is 7.72. The zero-order valence-electron chi connectivity index (χ0n) is 17.2. The first-order chi connectivity index (χ1) is 14.1. The van der Waals surface area contributed by atoms with E-state index in [1.165, 1.54) is 5.69 Å². The Hall–Kier alpha value is -2.73. The summed E-state index contributed by atoms with van der Waals surface area (Å²) >= 11 is 0. The number of rotatable bonds is 5. The summed E-state index contributed by atoms with van der Waals surface area (Å²) < 4.78 is 11.3. The molecule has 6 heteroatoms. The largest absolute Gasteiger partial charge is 0.486 e. The number of hydrogen-bond donors (Lipinski definition) is 0. The Labute approximate surface area is 172 Å². The van der Waals surface area contributed by atoms with Gasteiger partial charge in [0.15, 0.2) is 11.5 Å². The Morgan fingerprint density at radius 3 is 2.41 bits per heavy atom. The van der Waals surface area contributed by atoms with Gasteiger partial charge in [-0.3, -0.25) is 9.69 Å². The molecule has 1 fully saturated rings. The molecule has 6 nitrogen and oxygen atoms in total. The van der Waals surface area contributed by atoms with Gasteiger partial charge >= 0.3 is 0 Å². The molecule has 0 aromatic heterocycles. The Kier molecular flexibility index (Phi) is 5.90. The molecule has 0 spiro atoms. The molecule has 2 aromatic rings. The maximum Gasteiger partial charge on any atom is 0.239 e. The van der Waals surface area contributed by atoms with Crippen LogP contribution in [0.15, 0.2) is 48.5 Å². The molecular weight excluding hydrogens is 366 g/mol. The summed E-state index contributed by atoms with van der Waals surface area (Å²) in [5, 5.41) is 0. The lowest BCUT2D eigenvalue weighted by Crippen LogP contribution is -2.53. The van der Waals surface area contributed by atoms with Crippen molar-refractivity contribution in [2.24, 2.45) is 0 Å². The molecule has 2 aromatic carbocycles. The molecule has 0 N–H and O–H groups in total. The van der Waals surface area contributed by atoms with Crippen molar-refractivity contribution < 1.29 is 14.3 Å². The van der Waals surface area contributed by atoms with E-state index in [1.807, 2.05) is 43.1 Å². The summed E-state index contributed by atoms with van der Waals surface area (Å²) in [6, 6.07) is 16.2. The smallest absolute Gasteiger partial charge is 0.239 e. The monoisotopic (exact) mass is 395 g/mol. The highest BCUT2D eigenvalue weighted by molar-refractivity contribution is 5.81. The third-order valence-electron chi connectivity index (χ3n) is 5.77. The van der Waals surface area contributed by atoms with E-state index < -0.39 is 0 Å². The Morgan fingerprint density at radius 2 is 1.69 bits per heavy atom. The highest BCUT2D eigenvalue weighted by Gasteiger charge is 2.27. The van der Waals surface area contributed by atoms with Crippen molar-refractivity contribution >= 4 is 11.6 Å². The average Bonchev–Trinajstić information content (AvgIpc) is 2.78. The van der Waals surface area contributed by atoms with Gasteiger partial charge in [-0.25, -0.2) is 0 Å². The number of para-hydroxylation sites is 1. The fraction of sp³-hybridized carbons (Fsp3) is 0.435. The second-order valence-electron chi connectivity index (χ2n) is 7.72. The highest BCUT2D eigenvalue weighted by atomic mass is 16.6. The predicted molar refractivity (Wildman–Crippen MR) is 114 cm³/mol. The summed E-state index contributed by atoms with van der Waals surface area (Å²) in [6.45, 7) is 7.11. The Bertz CT molecular complexity index is 835. The molecule has 0 aliphatic carbocycles. The van der Waals surface area contributed by atoms with Crippen LogP contribution in [0.2, 0.25) is 0 Å². The minimum Gasteiger partial charge on any atom is -0.486 e. The third kappa shape index (κ3) is 4.48. The normalized spacial score (nSPS) is 17.3. The van der Waals surface area contributed by atoms with E-state index in [1.54, 1.807) is 0 Å². The van der Waals surface area contributed by atoms with Crippen LogP contribution in [0.3, 0.4) is 0 Å². The Morgan fingerprint density at radius 1 is 1.00 bits per heavy atom. The molecule has 29 heavy (non-hydrogen) atoms. The zero-order chi connectivity index (χ0) is 20.2. The molecule has 2 aliphatic heterocycles. The van der Waals surface area contributed by atoms with E-state index in [2.05, 4.69) is 34.1 Å². The van der Waals surface area contributed by atoms with Crippen LogP contribution in [0, 0.1) is 0 Å². The molecule has 0 radical (unpaired) electrons. The van der Waals surface area contributed by atoms with Gasteiger partial charge in [0.2, 0.25) is 5.91 Å². The molecule has 2 heterocycles. The van der Waals surface area contributed by atoms with Gasteiger partial charge < -0.3 is 19.3 Å². The number of nitrogens with zero attached hydrogens (tertiary/aromatic N) is 3. The molecule has 1 saturated heterocycles. The number of ether oxygens (including phenoxy) is 2. The molecule has 1 atom stereocenters. The predicted octanol–water partition coefficient (Wildman–Crippen LogP) is 2.63. The maximum absolute atomic E-state index is 13.0. The molecule has 1 amide bonds. The number of benzene rings is 2. The lowest BCUT2D eigenvalue weighted by molar-refractivity contribution is -0.136. The van der Waals surface area contributed by atoms with Crippen LogP contribution >= 0.6 is 0 Å². The minimum atomic E-state index is -0.175. The van der Waals surface area contributed by atoms with Crippen LogP contribution in [0.5, 0.6) is 11.5 Å². The number of amides is 1. The number of hydrogen-bond acceptors (Lipinski definition) is 5. The van der Waals surface area contributed by atoms with E-state index in [0.29, 0.717) is 19.8 Å². The van der Waals surface area contributed by atoms with E-state index in [4.69, 9.17) is 9.47 Å². The summed E-state index contributed by atoms with van der Waals surface area (Å²) in [6.07, 6.45) is 0. The van der Waals surface area contributed by atoms with Gasteiger partial charge in [0, 0.05) is 38.4 Å². The van der Waals surface area contributed by atoms with Gasteiger partial charge in [-0.2, -0.15) is 0 Å². The van der Waals surface area contributed by atoms with Crippen LogP contribution in [-0.4, -0.2) is 68.2 Å². The summed E-state index contributed by atoms with van der Waals surface area (Å²) in [5.41, 5.74) is 2.34. The quantitative estimate of drug-likeness (QED) is 0.779. The molecule has 0 bridgehead atoms. The SMILES string of the molecule is CC(C(=O)N1CCN(c2ccccc2)CC1)N(C)Cc1ccc2c(c1)OCCO2. The van der Waals surface area contributed by atoms with Gasteiger partial charge in [0.05, 0.1) is 6.04 Å². The average molecular weight is 396 g/mol. The summed E-state index contributed by atoms with van der Waals surface area (Å²) in [5.74, 6) is 1.78. The van der Waals surface area contributed by atoms with Crippen LogP contribution in [0.1, 0.15) is 12.5 Å². The molecule has 0 saturated carbocycles. The van der Waals surface area contributed by atoms with E-state index >= 15 is 0 Å². The molecule has 4 rings (SSSR count). The minimum absolute atomic E-state index is 0.175. The van der Waals surface area contributed by atoms with Crippen LogP contribution < -0.4 is 14.4 Å². The van der Waals surface area contributed by atoms with E-state index in [9.17, 15) is 4.79 Å². The molecular formula is C23H29N3O3. The van der Waals surface area contributed by atoms with Crippen LogP contribution in [0.4, 0.5) is 5.69 Å². The van der Waals surface area contributed by atoms with Crippen molar-refractivity contribution in [1.82, 2.24) is 9.80 Å². The number of carbonyl (C=O) groups excluding carboxylic acids is 1. The fourth-order valence-electron chi connectivity index (χ4n) is 3.89.